The molecule has 1 aliphatic heterocycles. The van der Waals surface area contributed by atoms with Crippen molar-refractivity contribution in [3.05, 3.63) is 52.9 Å². The summed E-state index contributed by atoms with van der Waals surface area (Å²) >= 11 is 5.21. The summed E-state index contributed by atoms with van der Waals surface area (Å²) in [5, 5.41) is 10.1. The minimum atomic E-state index is -0.352. The minimum Gasteiger partial charge on any atom is -0.497 e. The Bertz CT molecular complexity index is 941. The number of ether oxygens (including phenoxy) is 2. The number of aromatic nitrogens is 2. The van der Waals surface area contributed by atoms with Crippen LogP contribution in [0.3, 0.4) is 0 Å². The first-order chi connectivity index (χ1) is 12.1. The van der Waals surface area contributed by atoms with Crippen LogP contribution in [0.5, 0.6) is 5.75 Å². The number of thiocarbonyl (C=S) groups is 1. The third-order valence-electron chi connectivity index (χ3n) is 4.70. The number of nitrogens with zero attached hydrogens (tertiary/aromatic N) is 3. The Balaban J connectivity index is 1.91. The van der Waals surface area contributed by atoms with E-state index in [0.717, 1.165) is 29.0 Å². The highest BCUT2D eigenvalue weighted by Gasteiger charge is 2.40. The third-order valence-corrected chi connectivity index (χ3v) is 4.96. The molecule has 2 aliphatic rings. The number of hydrogen-bond donors (Lipinski definition) is 1. The molecule has 0 bridgehead atoms. The van der Waals surface area contributed by atoms with Gasteiger partial charge in [0.25, 0.3) is 0 Å². The topological polar surface area (TPSA) is 86.1 Å². The highest BCUT2D eigenvalue weighted by molar-refractivity contribution is 7.80. The maximum absolute atomic E-state index is 9.56. The van der Waals surface area contributed by atoms with E-state index in [9.17, 15) is 5.26 Å². The summed E-state index contributed by atoms with van der Waals surface area (Å²) in [5.41, 5.74) is 9.59. The first kappa shape index (κ1) is 15.7. The number of benzene rings is 1. The summed E-state index contributed by atoms with van der Waals surface area (Å²) < 4.78 is 12.6. The van der Waals surface area contributed by atoms with Crippen LogP contribution >= 0.6 is 12.2 Å². The Labute approximate surface area is 150 Å². The molecule has 1 aromatic heterocycles. The van der Waals surface area contributed by atoms with Crippen LogP contribution in [0.25, 0.3) is 0 Å². The van der Waals surface area contributed by atoms with Crippen molar-refractivity contribution < 1.29 is 9.47 Å². The van der Waals surface area contributed by atoms with Gasteiger partial charge in [-0.25, -0.2) is 9.55 Å². The second-order valence-corrected chi connectivity index (χ2v) is 6.52. The molecule has 126 valence electrons. The molecule has 0 saturated heterocycles. The molecular weight excluding hydrogens is 336 g/mol. The van der Waals surface area contributed by atoms with Gasteiger partial charge in [-0.1, -0.05) is 18.2 Å². The van der Waals surface area contributed by atoms with E-state index in [1.54, 1.807) is 7.11 Å². The summed E-state index contributed by atoms with van der Waals surface area (Å²) in [5.74, 6) is 0.890. The van der Waals surface area contributed by atoms with Crippen LogP contribution in [0, 0.1) is 11.5 Å². The Kier molecular flexibility index (Phi) is 3.70. The van der Waals surface area contributed by atoms with Crippen molar-refractivity contribution in [2.24, 2.45) is 0 Å². The smallest absolute Gasteiger partial charge is 0.214 e. The molecule has 0 spiro atoms. The lowest BCUT2D eigenvalue weighted by Gasteiger charge is -2.33. The number of nitrogen functional groups attached to an aromatic ring is 1. The number of anilines is 1. The van der Waals surface area contributed by atoms with Crippen molar-refractivity contribution in [1.29, 1.82) is 5.26 Å². The van der Waals surface area contributed by atoms with Gasteiger partial charge in [-0.05, 0) is 41.9 Å². The second-order valence-electron chi connectivity index (χ2n) is 6.06. The molecule has 2 heterocycles. The summed E-state index contributed by atoms with van der Waals surface area (Å²) in [6.07, 6.45) is 5.23. The first-order valence-corrected chi connectivity index (χ1v) is 8.33. The maximum Gasteiger partial charge on any atom is 0.214 e. The van der Waals surface area contributed by atoms with Crippen LogP contribution in [0.2, 0.25) is 0 Å². The van der Waals surface area contributed by atoms with Crippen molar-refractivity contribution in [2.45, 2.75) is 24.9 Å². The molecule has 25 heavy (non-hydrogen) atoms. The fraction of sp³-hybridized carbons (Fsp3) is 0.278. The van der Waals surface area contributed by atoms with Gasteiger partial charge in [-0.2, -0.15) is 5.26 Å². The number of nitriles is 1. The summed E-state index contributed by atoms with van der Waals surface area (Å²) in [6, 6.07) is 7.84. The molecule has 7 heteroatoms. The van der Waals surface area contributed by atoms with E-state index in [4.69, 9.17) is 27.4 Å². The van der Waals surface area contributed by atoms with Crippen molar-refractivity contribution in [3.8, 4) is 11.9 Å². The molecule has 2 aromatic rings. The Morgan fingerprint density at radius 1 is 1.48 bits per heavy atom. The van der Waals surface area contributed by atoms with Crippen LogP contribution in [0.15, 0.2) is 35.9 Å². The van der Waals surface area contributed by atoms with Crippen LogP contribution < -0.4 is 10.5 Å². The number of rotatable bonds is 2. The first-order valence-electron chi connectivity index (χ1n) is 7.92. The van der Waals surface area contributed by atoms with E-state index in [2.05, 4.69) is 17.3 Å². The van der Waals surface area contributed by atoms with Crippen LogP contribution in [-0.4, -0.2) is 21.7 Å². The van der Waals surface area contributed by atoms with Gasteiger partial charge in [-0.15, -0.1) is 0 Å². The summed E-state index contributed by atoms with van der Waals surface area (Å²) in [6.45, 7) is 0. The maximum atomic E-state index is 9.56. The number of methoxy groups -OCH3 is 1. The molecule has 0 radical (unpaired) electrons. The van der Waals surface area contributed by atoms with Crippen molar-refractivity contribution >= 4 is 23.2 Å². The fourth-order valence-corrected chi connectivity index (χ4v) is 3.75. The monoisotopic (exact) mass is 352 g/mol. The standard InChI is InChI=1S/C18H16N4O2S/c1-23-12-4-2-3-10(7-12)13-8-11-5-6-14(25)24-17(11)15-16(13)22(9-19)18(20)21-15/h2-5,7,13,17H,6,8H2,1H3,(H2,20,21). The molecular formula is C18H16N4O2S. The zero-order chi connectivity index (χ0) is 17.6. The SMILES string of the molecule is COc1cccc(C2CC3=CCC(=S)OC3c3nc(N)n(C#N)c32)c1. The van der Waals surface area contributed by atoms with Gasteiger partial charge in [0.2, 0.25) is 5.95 Å². The van der Waals surface area contributed by atoms with Crippen LogP contribution in [0.4, 0.5) is 5.95 Å². The van der Waals surface area contributed by atoms with Gasteiger partial charge in [0.1, 0.15) is 11.4 Å². The molecule has 1 aromatic carbocycles. The van der Waals surface area contributed by atoms with Crippen molar-refractivity contribution in [1.82, 2.24) is 9.55 Å². The quantitative estimate of drug-likeness (QED) is 0.660. The fourth-order valence-electron chi connectivity index (χ4n) is 3.57. The summed E-state index contributed by atoms with van der Waals surface area (Å²) in [7, 11) is 1.64. The predicted octanol–water partition coefficient (Wildman–Crippen LogP) is 3.05. The van der Waals surface area contributed by atoms with Crippen molar-refractivity contribution in [2.75, 3.05) is 12.8 Å². The molecule has 2 unspecified atom stereocenters. The lowest BCUT2D eigenvalue weighted by Crippen LogP contribution is -2.25. The summed E-state index contributed by atoms with van der Waals surface area (Å²) in [4.78, 5) is 4.42. The number of hydrogen-bond acceptors (Lipinski definition) is 6. The van der Waals surface area contributed by atoms with Gasteiger partial charge in [0.05, 0.1) is 12.8 Å². The van der Waals surface area contributed by atoms with E-state index >= 15 is 0 Å². The molecule has 6 nitrogen and oxygen atoms in total. The Morgan fingerprint density at radius 3 is 3.08 bits per heavy atom. The molecule has 2 atom stereocenters. The zero-order valence-corrected chi connectivity index (χ0v) is 14.4. The van der Waals surface area contributed by atoms with Gasteiger partial charge in [0, 0.05) is 12.3 Å². The average Bonchev–Trinajstić information content (AvgIpc) is 2.97. The van der Waals surface area contributed by atoms with Crippen LogP contribution in [0.1, 0.15) is 41.8 Å². The largest absolute Gasteiger partial charge is 0.497 e. The Hall–Kier alpha value is -2.85. The normalized spacial score (nSPS) is 21.4. The number of imidazole rings is 1. The van der Waals surface area contributed by atoms with E-state index in [1.165, 1.54) is 4.57 Å². The van der Waals surface area contributed by atoms with Gasteiger partial charge in [0.15, 0.2) is 17.3 Å². The number of fused-ring (bicyclic) bond motifs is 3. The van der Waals surface area contributed by atoms with Gasteiger partial charge >= 0.3 is 0 Å². The molecule has 0 saturated carbocycles. The second kappa shape index (κ2) is 5.90. The molecule has 0 fully saturated rings. The minimum absolute atomic E-state index is 0.0488. The van der Waals surface area contributed by atoms with Gasteiger partial charge < -0.3 is 15.2 Å². The molecule has 4 rings (SSSR count). The molecule has 1 aliphatic carbocycles. The molecule has 0 amide bonds. The van der Waals surface area contributed by atoms with Crippen molar-refractivity contribution in [3.63, 3.8) is 0 Å². The van der Waals surface area contributed by atoms with E-state index in [1.807, 2.05) is 24.3 Å². The number of nitrogens with two attached hydrogens (primary N) is 1. The zero-order valence-electron chi connectivity index (χ0n) is 13.6. The van der Waals surface area contributed by atoms with E-state index in [-0.39, 0.29) is 18.0 Å². The average molecular weight is 352 g/mol. The lowest BCUT2D eigenvalue weighted by atomic mass is 9.79. The van der Waals surface area contributed by atoms with Crippen LogP contribution in [-0.2, 0) is 4.74 Å². The highest BCUT2D eigenvalue weighted by Crippen LogP contribution is 2.48. The van der Waals surface area contributed by atoms with Gasteiger partial charge in [-0.3, -0.25) is 0 Å². The molecule has 2 N–H and O–H groups in total. The third kappa shape index (κ3) is 2.46. The van der Waals surface area contributed by atoms with E-state index in [0.29, 0.717) is 17.2 Å². The highest BCUT2D eigenvalue weighted by atomic mass is 32.1. The van der Waals surface area contributed by atoms with E-state index < -0.39 is 0 Å². The Morgan fingerprint density at radius 2 is 2.32 bits per heavy atom. The predicted molar refractivity (Wildman–Crippen MR) is 96.2 cm³/mol. The lowest BCUT2D eigenvalue weighted by molar-refractivity contribution is 0.204.